The van der Waals surface area contributed by atoms with Gasteiger partial charge >= 0.3 is 0 Å². The van der Waals surface area contributed by atoms with E-state index in [1.165, 1.54) is 18.3 Å². The minimum absolute atomic E-state index is 0.0204. The van der Waals surface area contributed by atoms with Gasteiger partial charge in [0.2, 0.25) is 0 Å². The van der Waals surface area contributed by atoms with E-state index in [0.717, 1.165) is 6.07 Å². The lowest BCUT2D eigenvalue weighted by Crippen LogP contribution is -2.13. The maximum atomic E-state index is 13.9. The molecule has 0 unspecified atom stereocenters. The van der Waals surface area contributed by atoms with Gasteiger partial charge in [0.15, 0.2) is 0 Å². The van der Waals surface area contributed by atoms with E-state index in [1.807, 2.05) is 0 Å². The van der Waals surface area contributed by atoms with Gasteiger partial charge in [0.25, 0.3) is 10.0 Å². The normalized spacial score (nSPS) is 11.3. The van der Waals surface area contributed by atoms with Gasteiger partial charge in [0, 0.05) is 22.1 Å². The third-order valence-corrected chi connectivity index (χ3v) is 4.88. The first-order chi connectivity index (χ1) is 10.9. The zero-order chi connectivity index (χ0) is 16.6. The van der Waals surface area contributed by atoms with Crippen LogP contribution in [0.15, 0.2) is 47.5 Å². The van der Waals surface area contributed by atoms with Crippen molar-refractivity contribution >= 4 is 38.2 Å². The van der Waals surface area contributed by atoms with Crippen molar-refractivity contribution in [3.05, 3.63) is 59.0 Å². The first-order valence-electron chi connectivity index (χ1n) is 6.40. The van der Waals surface area contributed by atoms with Gasteiger partial charge in [0.1, 0.15) is 10.7 Å². The number of anilines is 1. The lowest BCUT2D eigenvalue weighted by atomic mass is 10.2. The fourth-order valence-corrected chi connectivity index (χ4v) is 3.58. The Morgan fingerprint density at radius 2 is 2.00 bits per heavy atom. The summed E-state index contributed by atoms with van der Waals surface area (Å²) < 4.78 is 41.0. The number of nitrogens with one attached hydrogen (secondary N) is 2. The second-order valence-electron chi connectivity index (χ2n) is 4.75. The Balaban J connectivity index is 2.03. The number of aromatic nitrogens is 1. The Kier molecular flexibility index (Phi) is 3.72. The molecule has 23 heavy (non-hydrogen) atoms. The molecule has 2 aromatic carbocycles. The van der Waals surface area contributed by atoms with Gasteiger partial charge in [-0.05, 0) is 36.4 Å². The molecular weight excluding hydrogens is 341 g/mol. The van der Waals surface area contributed by atoms with Crippen molar-refractivity contribution in [1.82, 2.24) is 4.98 Å². The first-order valence-corrected chi connectivity index (χ1v) is 8.26. The average molecular weight is 350 g/mol. The molecule has 0 aliphatic heterocycles. The molecule has 8 heteroatoms. The minimum atomic E-state index is -4.00. The Morgan fingerprint density at radius 1 is 1.22 bits per heavy atom. The molecule has 0 radical (unpaired) electrons. The number of rotatable bonds is 3. The summed E-state index contributed by atoms with van der Waals surface area (Å²) in [5.41, 5.74) is 0.428. The van der Waals surface area contributed by atoms with Crippen molar-refractivity contribution in [1.29, 1.82) is 5.26 Å². The highest BCUT2D eigenvalue weighted by Crippen LogP contribution is 2.27. The van der Waals surface area contributed by atoms with Crippen molar-refractivity contribution in [3.63, 3.8) is 0 Å². The summed E-state index contributed by atoms with van der Waals surface area (Å²) in [4.78, 5) is 2.79. The molecule has 0 bridgehead atoms. The van der Waals surface area contributed by atoms with E-state index in [9.17, 15) is 12.8 Å². The van der Waals surface area contributed by atoms with Crippen molar-refractivity contribution < 1.29 is 12.8 Å². The van der Waals surface area contributed by atoms with Crippen molar-refractivity contribution in [2.75, 3.05) is 4.72 Å². The third-order valence-electron chi connectivity index (χ3n) is 3.24. The molecular formula is C15H9ClFN3O2S. The van der Waals surface area contributed by atoms with Gasteiger partial charge in [-0.25, -0.2) is 12.8 Å². The molecule has 0 spiro atoms. The summed E-state index contributed by atoms with van der Waals surface area (Å²) >= 11 is 5.86. The van der Waals surface area contributed by atoms with Crippen molar-refractivity contribution in [3.8, 4) is 6.07 Å². The van der Waals surface area contributed by atoms with Gasteiger partial charge in [-0.1, -0.05) is 11.6 Å². The number of benzene rings is 2. The van der Waals surface area contributed by atoms with Crippen LogP contribution in [-0.4, -0.2) is 13.4 Å². The van der Waals surface area contributed by atoms with Crippen molar-refractivity contribution in [2.45, 2.75) is 4.90 Å². The fourth-order valence-electron chi connectivity index (χ4n) is 2.16. The van der Waals surface area contributed by atoms with Crippen molar-refractivity contribution in [2.24, 2.45) is 0 Å². The molecule has 0 aliphatic rings. The van der Waals surface area contributed by atoms with E-state index in [-0.39, 0.29) is 16.1 Å². The average Bonchev–Trinajstić information content (AvgIpc) is 2.93. The predicted octanol–water partition coefficient (Wildman–Crippen LogP) is 3.63. The maximum absolute atomic E-state index is 13.9. The number of aromatic amines is 1. The molecule has 0 saturated heterocycles. The second-order valence-corrected chi connectivity index (χ2v) is 6.84. The summed E-state index contributed by atoms with van der Waals surface area (Å²) in [6, 6.07) is 10.0. The van der Waals surface area contributed by atoms with Gasteiger partial charge < -0.3 is 4.98 Å². The SMILES string of the molecule is N#Cc1ccc(NS(=O)(=O)c2c[nH]c3cc(Cl)ccc23)c(F)c1. The van der Waals surface area contributed by atoms with Gasteiger partial charge in [-0.2, -0.15) is 5.26 Å². The van der Waals surface area contributed by atoms with E-state index in [2.05, 4.69) is 9.71 Å². The fraction of sp³-hybridized carbons (Fsp3) is 0. The first kappa shape index (κ1) is 15.3. The van der Waals surface area contributed by atoms with Crippen LogP contribution < -0.4 is 4.72 Å². The third kappa shape index (κ3) is 2.86. The number of nitrogens with zero attached hydrogens (tertiary/aromatic N) is 1. The van der Waals surface area contributed by atoms with Gasteiger partial charge in [0.05, 0.1) is 17.3 Å². The zero-order valence-electron chi connectivity index (χ0n) is 11.5. The van der Waals surface area contributed by atoms with E-state index in [0.29, 0.717) is 15.9 Å². The smallest absolute Gasteiger partial charge is 0.264 e. The number of nitriles is 1. The Hall–Kier alpha value is -2.56. The van der Waals surface area contributed by atoms with Gasteiger partial charge in [-0.3, -0.25) is 4.72 Å². The zero-order valence-corrected chi connectivity index (χ0v) is 13.0. The van der Waals surface area contributed by atoms with Crippen LogP contribution in [0, 0.1) is 17.1 Å². The number of H-pyrrole nitrogens is 1. The van der Waals surface area contributed by atoms with Crippen LogP contribution in [0.1, 0.15) is 5.56 Å². The number of sulfonamides is 1. The molecule has 5 nitrogen and oxygen atoms in total. The molecule has 1 heterocycles. The van der Waals surface area contributed by atoms with E-state index in [4.69, 9.17) is 16.9 Å². The van der Waals surface area contributed by atoms with Crippen LogP contribution >= 0.6 is 11.6 Å². The van der Waals surface area contributed by atoms with Crippen LogP contribution in [0.4, 0.5) is 10.1 Å². The number of hydrogen-bond acceptors (Lipinski definition) is 3. The highest BCUT2D eigenvalue weighted by Gasteiger charge is 2.20. The summed E-state index contributed by atoms with van der Waals surface area (Å²) in [6.45, 7) is 0. The summed E-state index contributed by atoms with van der Waals surface area (Å²) in [5.74, 6) is -0.824. The van der Waals surface area contributed by atoms with E-state index >= 15 is 0 Å². The number of fused-ring (bicyclic) bond motifs is 1. The molecule has 1 aromatic heterocycles. The second kappa shape index (κ2) is 5.57. The van der Waals surface area contributed by atoms with Crippen LogP contribution in [0.25, 0.3) is 10.9 Å². The predicted molar refractivity (Wildman–Crippen MR) is 85.2 cm³/mol. The Bertz CT molecular complexity index is 1050. The lowest BCUT2D eigenvalue weighted by molar-refractivity contribution is 0.599. The monoisotopic (exact) mass is 349 g/mol. The van der Waals surface area contributed by atoms with Crippen LogP contribution in [0.3, 0.4) is 0 Å². The van der Waals surface area contributed by atoms with Crippen LogP contribution in [0.2, 0.25) is 5.02 Å². The number of hydrogen-bond donors (Lipinski definition) is 2. The molecule has 0 fully saturated rings. The topological polar surface area (TPSA) is 85.8 Å². The Labute approximate surface area is 136 Å². The summed E-state index contributed by atoms with van der Waals surface area (Å²) in [6.07, 6.45) is 1.31. The summed E-state index contributed by atoms with van der Waals surface area (Å²) in [7, 11) is -4.00. The standard InChI is InChI=1S/C15H9ClFN3O2S/c16-10-2-3-11-14(6-10)19-8-15(11)23(21,22)20-13-4-1-9(7-18)5-12(13)17/h1-6,8,19-20H. The lowest BCUT2D eigenvalue weighted by Gasteiger charge is -2.08. The molecule has 116 valence electrons. The minimum Gasteiger partial charge on any atom is -0.360 e. The van der Waals surface area contributed by atoms with E-state index < -0.39 is 15.8 Å². The Morgan fingerprint density at radius 3 is 2.70 bits per heavy atom. The van der Waals surface area contributed by atoms with Crippen LogP contribution in [0.5, 0.6) is 0 Å². The molecule has 0 aliphatic carbocycles. The van der Waals surface area contributed by atoms with Gasteiger partial charge in [-0.15, -0.1) is 0 Å². The molecule has 2 N–H and O–H groups in total. The molecule has 3 rings (SSSR count). The quantitative estimate of drug-likeness (QED) is 0.757. The van der Waals surface area contributed by atoms with Crippen LogP contribution in [-0.2, 0) is 10.0 Å². The molecule has 0 saturated carbocycles. The molecule has 0 atom stereocenters. The summed E-state index contributed by atoms with van der Waals surface area (Å²) in [5, 5.41) is 9.61. The van der Waals surface area contributed by atoms with E-state index in [1.54, 1.807) is 24.3 Å². The molecule has 0 amide bonds. The largest absolute Gasteiger partial charge is 0.360 e. The maximum Gasteiger partial charge on any atom is 0.264 e. The molecule has 3 aromatic rings. The number of halogens is 2. The highest BCUT2D eigenvalue weighted by molar-refractivity contribution is 7.93. The highest BCUT2D eigenvalue weighted by atomic mass is 35.5.